The van der Waals surface area contributed by atoms with Gasteiger partial charge in [-0.25, -0.2) is 0 Å². The van der Waals surface area contributed by atoms with Gasteiger partial charge in [0, 0.05) is 0 Å². The molecule has 3 aromatic carbocycles. The fourth-order valence-corrected chi connectivity index (χ4v) is 10.9. The van der Waals surface area contributed by atoms with Crippen molar-refractivity contribution in [2.75, 3.05) is 0 Å². The SMILES string of the molecule is Cc1cc(C)c(-n2ccn(-c3c(C)cc(C)cc3C)[c]2=[Ru]([Cl])([Cl])=[CH]c2cc(Cl)ccc2OC(C)C)c(C)c1. The Balaban J connectivity index is 2.22. The molecule has 38 heavy (non-hydrogen) atoms. The van der Waals surface area contributed by atoms with Crippen LogP contribution in [-0.2, 0) is 11.9 Å². The van der Waals surface area contributed by atoms with Gasteiger partial charge in [0.15, 0.2) is 0 Å². The number of imidazole rings is 1. The van der Waals surface area contributed by atoms with E-state index < -0.39 is 11.9 Å². The van der Waals surface area contributed by atoms with E-state index in [2.05, 4.69) is 87.3 Å². The molecule has 0 N–H and O–H groups in total. The van der Waals surface area contributed by atoms with Gasteiger partial charge in [0.1, 0.15) is 0 Å². The first-order valence-electron chi connectivity index (χ1n) is 12.5. The number of benzene rings is 3. The van der Waals surface area contributed by atoms with Crippen LogP contribution in [0.5, 0.6) is 5.75 Å². The van der Waals surface area contributed by atoms with Crippen molar-refractivity contribution < 1.29 is 16.6 Å². The monoisotopic (exact) mass is 658 g/mol. The van der Waals surface area contributed by atoms with Crippen molar-refractivity contribution in [2.45, 2.75) is 61.5 Å². The molecule has 1 aromatic heterocycles. The van der Waals surface area contributed by atoms with E-state index in [1.165, 1.54) is 33.4 Å². The third-order valence-electron chi connectivity index (χ3n) is 6.29. The molecule has 0 aliphatic rings. The Kier molecular flexibility index (Phi) is 8.60. The molecule has 204 valence electrons. The Hall–Kier alpha value is -1.97. The molecule has 0 radical (unpaired) electrons. The van der Waals surface area contributed by atoms with Gasteiger partial charge < -0.3 is 0 Å². The molecular formula is C31H35Cl3N2ORu. The maximum atomic E-state index is 7.52. The minimum absolute atomic E-state index is 0.00158. The van der Waals surface area contributed by atoms with Crippen LogP contribution < -0.4 is 4.74 Å². The Morgan fingerprint density at radius 3 is 1.61 bits per heavy atom. The number of aromatic nitrogens is 2. The number of ether oxygens (including phenoxy) is 1. The second kappa shape index (κ2) is 11.3. The molecule has 0 fully saturated rings. The standard InChI is InChI=1S/C21H24N2.C10H11ClO.2ClH.Ru/c1-14-9-16(3)20(17(4)10-14)22-7-8-23(13-22)21-18(5)11-15(2)12-19(21)6;1-7(2)12-10-5-4-9(11)6-8(10)3;;;/h7-12H,1-6H3;3-7H,1-2H3;2*1H;/q;;;;+2/p-2. The molecule has 0 atom stereocenters. The Labute approximate surface area is 241 Å². The van der Waals surface area contributed by atoms with Crippen molar-refractivity contribution in [3.63, 3.8) is 0 Å². The molecule has 0 saturated heterocycles. The maximum absolute atomic E-state index is 7.52. The summed E-state index contributed by atoms with van der Waals surface area (Å²) >= 11 is 2.66. The van der Waals surface area contributed by atoms with Crippen LogP contribution >= 0.6 is 31.0 Å². The molecule has 0 unspecified atom stereocenters. The van der Waals surface area contributed by atoms with E-state index in [0.717, 1.165) is 21.0 Å². The van der Waals surface area contributed by atoms with E-state index in [-0.39, 0.29) is 6.10 Å². The summed E-state index contributed by atoms with van der Waals surface area (Å²) in [6.45, 7) is 16.8. The third kappa shape index (κ3) is 5.95. The summed E-state index contributed by atoms with van der Waals surface area (Å²) in [7, 11) is 15.0. The number of hydrogen-bond acceptors (Lipinski definition) is 1. The van der Waals surface area contributed by atoms with Gasteiger partial charge in [0.2, 0.25) is 0 Å². The van der Waals surface area contributed by atoms with E-state index in [0.29, 0.717) is 10.8 Å². The summed E-state index contributed by atoms with van der Waals surface area (Å²) in [5.41, 5.74) is 10.1. The van der Waals surface area contributed by atoms with Crippen LogP contribution in [0.4, 0.5) is 0 Å². The van der Waals surface area contributed by atoms with Crippen LogP contribution in [0.25, 0.3) is 11.4 Å². The van der Waals surface area contributed by atoms with Gasteiger partial charge in [-0.15, -0.1) is 0 Å². The first-order chi connectivity index (χ1) is 17.8. The number of nitrogens with zero attached hydrogens (tertiary/aromatic N) is 2. The first-order valence-corrected chi connectivity index (χ1v) is 19.2. The van der Waals surface area contributed by atoms with Crippen molar-refractivity contribution in [1.29, 1.82) is 0 Å². The van der Waals surface area contributed by atoms with Crippen molar-refractivity contribution in [1.82, 2.24) is 9.13 Å². The number of rotatable bonds is 5. The second-order valence-electron chi connectivity index (χ2n) is 10.2. The van der Waals surface area contributed by atoms with Crippen LogP contribution in [0.3, 0.4) is 0 Å². The van der Waals surface area contributed by atoms with Gasteiger partial charge in [-0.1, -0.05) is 0 Å². The molecular weight excluding hydrogens is 624 g/mol. The van der Waals surface area contributed by atoms with Gasteiger partial charge >= 0.3 is 243 Å². The van der Waals surface area contributed by atoms with E-state index in [1.807, 2.05) is 36.7 Å². The van der Waals surface area contributed by atoms with Crippen LogP contribution in [0.15, 0.2) is 54.9 Å². The number of aryl methyl sites for hydroxylation is 6. The molecule has 4 aromatic rings. The van der Waals surface area contributed by atoms with Gasteiger partial charge in [-0.05, 0) is 0 Å². The molecule has 1 heterocycles. The molecule has 0 amide bonds. The molecule has 0 saturated carbocycles. The van der Waals surface area contributed by atoms with Crippen LogP contribution in [0.1, 0.15) is 52.8 Å². The van der Waals surface area contributed by atoms with Gasteiger partial charge in [-0.3, -0.25) is 0 Å². The molecule has 3 nitrogen and oxygen atoms in total. The Morgan fingerprint density at radius 2 is 1.18 bits per heavy atom. The summed E-state index contributed by atoms with van der Waals surface area (Å²) in [5.74, 6) is 0.714. The van der Waals surface area contributed by atoms with Crippen molar-refractivity contribution in [3.8, 4) is 17.1 Å². The molecule has 0 spiro atoms. The normalized spacial score (nSPS) is 12.2. The third-order valence-corrected chi connectivity index (χ3v) is 11.9. The predicted molar refractivity (Wildman–Crippen MR) is 161 cm³/mol. The molecule has 0 bridgehead atoms. The Morgan fingerprint density at radius 1 is 0.737 bits per heavy atom. The van der Waals surface area contributed by atoms with E-state index in [9.17, 15) is 0 Å². The second-order valence-corrected chi connectivity index (χ2v) is 19.9. The quantitative estimate of drug-likeness (QED) is 0.196. The molecule has 4 rings (SSSR count). The number of halogens is 3. The fraction of sp³-hybridized carbons (Fsp3) is 0.290. The van der Waals surface area contributed by atoms with Crippen LogP contribution in [-0.4, -0.2) is 19.8 Å². The summed E-state index contributed by atoms with van der Waals surface area (Å²) in [6, 6.07) is 14.4. The number of hydrogen-bond donors (Lipinski definition) is 0. The average molecular weight is 659 g/mol. The topological polar surface area (TPSA) is 19.1 Å². The van der Waals surface area contributed by atoms with Gasteiger partial charge in [0.05, 0.1) is 0 Å². The van der Waals surface area contributed by atoms with Gasteiger partial charge in [-0.2, -0.15) is 0 Å². The fourth-order valence-electron chi connectivity index (χ4n) is 5.17. The minimum atomic E-state index is -3.76. The zero-order valence-electron chi connectivity index (χ0n) is 23.1. The molecule has 0 aliphatic heterocycles. The van der Waals surface area contributed by atoms with Crippen molar-refractivity contribution in [3.05, 3.63) is 103 Å². The zero-order valence-corrected chi connectivity index (χ0v) is 27.1. The van der Waals surface area contributed by atoms with Gasteiger partial charge in [0.25, 0.3) is 0 Å². The van der Waals surface area contributed by atoms with Crippen LogP contribution in [0.2, 0.25) is 5.02 Å². The average Bonchev–Trinajstić information content (AvgIpc) is 3.19. The van der Waals surface area contributed by atoms with E-state index in [1.54, 1.807) is 0 Å². The summed E-state index contributed by atoms with van der Waals surface area (Å²) in [5, 5.41) is 0.606. The van der Waals surface area contributed by atoms with Crippen molar-refractivity contribution in [2.24, 2.45) is 0 Å². The predicted octanol–water partition coefficient (Wildman–Crippen LogP) is 9.40. The zero-order chi connectivity index (χ0) is 27.9. The van der Waals surface area contributed by atoms with Crippen LogP contribution in [0, 0.1) is 45.6 Å². The molecule has 0 aliphatic carbocycles. The van der Waals surface area contributed by atoms with E-state index >= 15 is 0 Å². The first kappa shape index (κ1) is 29.0. The summed E-state index contributed by atoms with van der Waals surface area (Å²) in [6.07, 6.45) is 4.16. The molecule has 7 heteroatoms. The van der Waals surface area contributed by atoms with Crippen molar-refractivity contribution >= 4 is 35.6 Å². The van der Waals surface area contributed by atoms with E-state index in [4.69, 9.17) is 35.7 Å². The summed E-state index contributed by atoms with van der Waals surface area (Å²) in [4.78, 5) is 0. The summed E-state index contributed by atoms with van der Waals surface area (Å²) < 4.78 is 13.3. The Bertz CT molecular complexity index is 1570.